The number of nitrogens with zero attached hydrogens (tertiary/aromatic N) is 1. The molecule has 1 amide bonds. The molecule has 0 saturated carbocycles. The number of amides is 1. The van der Waals surface area contributed by atoms with Crippen molar-refractivity contribution in [3.05, 3.63) is 53.5 Å². The monoisotopic (exact) mass is 287 g/mol. The lowest BCUT2D eigenvalue weighted by Crippen LogP contribution is -2.09. The molecule has 4 nitrogen and oxygen atoms in total. The van der Waals surface area contributed by atoms with Crippen LogP contribution in [0.1, 0.15) is 31.0 Å². The summed E-state index contributed by atoms with van der Waals surface area (Å²) in [4.78, 5) is 15.2. The van der Waals surface area contributed by atoms with Crippen molar-refractivity contribution in [2.45, 2.75) is 26.8 Å². The zero-order valence-corrected chi connectivity index (χ0v) is 12.3. The maximum atomic E-state index is 13.4. The Morgan fingerprint density at radius 2 is 2.05 bits per heavy atom. The van der Waals surface area contributed by atoms with Crippen molar-refractivity contribution in [2.75, 3.05) is 10.6 Å². The number of hydrogen-bond donors (Lipinski definition) is 2. The summed E-state index contributed by atoms with van der Waals surface area (Å²) >= 11 is 0. The second-order valence-electron chi connectivity index (χ2n) is 5.04. The third-order valence-corrected chi connectivity index (χ3v) is 3.01. The van der Waals surface area contributed by atoms with E-state index in [9.17, 15) is 9.18 Å². The zero-order valence-electron chi connectivity index (χ0n) is 12.3. The molecule has 2 N–H and O–H groups in total. The highest BCUT2D eigenvalue weighted by Gasteiger charge is 2.08. The van der Waals surface area contributed by atoms with Gasteiger partial charge in [-0.15, -0.1) is 0 Å². The lowest BCUT2D eigenvalue weighted by Gasteiger charge is -2.16. The Morgan fingerprint density at radius 1 is 1.29 bits per heavy atom. The smallest absolute Gasteiger partial charge is 0.221 e. The third-order valence-electron chi connectivity index (χ3n) is 3.01. The predicted octanol–water partition coefficient (Wildman–Crippen LogP) is 3.66. The standard InChI is InChI=1S/C16H18FN3O/c1-10-6-13(8-14(17)7-10)11(2)19-16-5-4-15(9-18-16)20-12(3)21/h4-9,11H,1-3H3,(H,18,19)(H,20,21). The van der Waals surface area contributed by atoms with Gasteiger partial charge in [0.2, 0.25) is 5.91 Å². The number of nitrogens with one attached hydrogen (secondary N) is 2. The van der Waals surface area contributed by atoms with Gasteiger partial charge in [-0.25, -0.2) is 9.37 Å². The largest absolute Gasteiger partial charge is 0.364 e. The van der Waals surface area contributed by atoms with E-state index in [4.69, 9.17) is 0 Å². The molecule has 21 heavy (non-hydrogen) atoms. The van der Waals surface area contributed by atoms with E-state index in [-0.39, 0.29) is 17.8 Å². The Morgan fingerprint density at radius 3 is 2.62 bits per heavy atom. The molecule has 0 aliphatic heterocycles. The van der Waals surface area contributed by atoms with Gasteiger partial charge in [-0.1, -0.05) is 6.07 Å². The van der Waals surface area contributed by atoms with Gasteiger partial charge >= 0.3 is 0 Å². The van der Waals surface area contributed by atoms with Gasteiger partial charge in [-0.05, 0) is 49.2 Å². The van der Waals surface area contributed by atoms with E-state index in [0.717, 1.165) is 11.1 Å². The number of aromatic nitrogens is 1. The van der Waals surface area contributed by atoms with E-state index in [0.29, 0.717) is 11.5 Å². The van der Waals surface area contributed by atoms with E-state index in [2.05, 4.69) is 15.6 Å². The summed E-state index contributed by atoms with van der Waals surface area (Å²) in [7, 11) is 0. The fourth-order valence-electron chi connectivity index (χ4n) is 2.08. The molecule has 2 rings (SSSR count). The Balaban J connectivity index is 2.08. The number of hydrogen-bond acceptors (Lipinski definition) is 3. The minimum Gasteiger partial charge on any atom is -0.364 e. The molecule has 5 heteroatoms. The van der Waals surface area contributed by atoms with Crippen molar-refractivity contribution in [3.8, 4) is 0 Å². The molecule has 1 heterocycles. The summed E-state index contributed by atoms with van der Waals surface area (Å²) in [5.74, 6) is 0.284. The first kappa shape index (κ1) is 15.0. The van der Waals surface area contributed by atoms with Gasteiger partial charge in [-0.3, -0.25) is 4.79 Å². The number of pyridine rings is 1. The number of rotatable bonds is 4. The average Bonchev–Trinajstić information content (AvgIpc) is 2.39. The van der Waals surface area contributed by atoms with E-state index in [1.54, 1.807) is 18.3 Å². The summed E-state index contributed by atoms with van der Waals surface area (Å²) in [6.45, 7) is 5.25. The summed E-state index contributed by atoms with van der Waals surface area (Å²) in [5.41, 5.74) is 2.38. The Labute approximate surface area is 123 Å². The molecule has 0 spiro atoms. The molecule has 0 saturated heterocycles. The average molecular weight is 287 g/mol. The van der Waals surface area contributed by atoms with Crippen LogP contribution in [0, 0.1) is 12.7 Å². The van der Waals surface area contributed by atoms with Crippen LogP contribution in [0.25, 0.3) is 0 Å². The number of benzene rings is 1. The van der Waals surface area contributed by atoms with Gasteiger partial charge in [0.1, 0.15) is 11.6 Å². The SMILES string of the molecule is CC(=O)Nc1ccc(NC(C)c2cc(C)cc(F)c2)nc1. The van der Waals surface area contributed by atoms with Gasteiger partial charge in [0, 0.05) is 6.92 Å². The van der Waals surface area contributed by atoms with E-state index < -0.39 is 0 Å². The van der Waals surface area contributed by atoms with Gasteiger partial charge in [-0.2, -0.15) is 0 Å². The van der Waals surface area contributed by atoms with E-state index in [1.807, 2.05) is 19.9 Å². The van der Waals surface area contributed by atoms with Crippen molar-refractivity contribution >= 4 is 17.4 Å². The van der Waals surface area contributed by atoms with Crippen LogP contribution in [0.15, 0.2) is 36.5 Å². The van der Waals surface area contributed by atoms with Crippen LogP contribution in [-0.4, -0.2) is 10.9 Å². The van der Waals surface area contributed by atoms with Crippen LogP contribution in [0.5, 0.6) is 0 Å². The van der Waals surface area contributed by atoms with Gasteiger partial charge < -0.3 is 10.6 Å². The highest BCUT2D eigenvalue weighted by atomic mass is 19.1. The van der Waals surface area contributed by atoms with Gasteiger partial charge in [0.05, 0.1) is 17.9 Å². The minimum atomic E-state index is -0.243. The van der Waals surface area contributed by atoms with Crippen molar-refractivity contribution in [1.82, 2.24) is 4.98 Å². The second kappa shape index (κ2) is 6.35. The fourth-order valence-corrected chi connectivity index (χ4v) is 2.08. The summed E-state index contributed by atoms with van der Waals surface area (Å²) in [6, 6.07) is 8.41. The summed E-state index contributed by atoms with van der Waals surface area (Å²) in [5, 5.41) is 5.86. The first-order valence-electron chi connectivity index (χ1n) is 6.71. The molecular formula is C16H18FN3O. The first-order valence-corrected chi connectivity index (χ1v) is 6.71. The summed E-state index contributed by atoms with van der Waals surface area (Å²) in [6.07, 6.45) is 1.58. The van der Waals surface area contributed by atoms with Crippen molar-refractivity contribution < 1.29 is 9.18 Å². The quantitative estimate of drug-likeness (QED) is 0.902. The number of anilines is 2. The van der Waals surface area contributed by atoms with Crippen molar-refractivity contribution in [1.29, 1.82) is 0 Å². The highest BCUT2D eigenvalue weighted by Crippen LogP contribution is 2.20. The molecule has 0 radical (unpaired) electrons. The predicted molar refractivity (Wildman–Crippen MR) is 81.7 cm³/mol. The van der Waals surface area contributed by atoms with Crippen LogP contribution in [0.2, 0.25) is 0 Å². The fraction of sp³-hybridized carbons (Fsp3) is 0.250. The summed E-state index contributed by atoms with van der Waals surface area (Å²) < 4.78 is 13.4. The van der Waals surface area contributed by atoms with Crippen LogP contribution < -0.4 is 10.6 Å². The second-order valence-corrected chi connectivity index (χ2v) is 5.04. The third kappa shape index (κ3) is 4.27. The number of aryl methyl sites for hydroxylation is 1. The molecule has 0 fully saturated rings. The maximum absolute atomic E-state index is 13.4. The molecule has 110 valence electrons. The molecule has 1 aromatic carbocycles. The molecule has 0 aliphatic rings. The molecule has 2 aromatic rings. The molecule has 0 bridgehead atoms. The molecule has 1 unspecified atom stereocenters. The zero-order chi connectivity index (χ0) is 15.4. The Kier molecular flexibility index (Phi) is 4.52. The van der Waals surface area contributed by atoms with Crippen molar-refractivity contribution in [3.63, 3.8) is 0 Å². The van der Waals surface area contributed by atoms with E-state index >= 15 is 0 Å². The van der Waals surface area contributed by atoms with Crippen LogP contribution >= 0.6 is 0 Å². The Hall–Kier alpha value is -2.43. The first-order chi connectivity index (χ1) is 9.94. The number of carbonyl (C=O) groups excluding carboxylic acids is 1. The van der Waals surface area contributed by atoms with Crippen molar-refractivity contribution in [2.24, 2.45) is 0 Å². The number of carbonyl (C=O) groups is 1. The van der Waals surface area contributed by atoms with Crippen LogP contribution in [0.3, 0.4) is 0 Å². The lowest BCUT2D eigenvalue weighted by molar-refractivity contribution is -0.114. The van der Waals surface area contributed by atoms with Crippen LogP contribution in [-0.2, 0) is 4.79 Å². The van der Waals surface area contributed by atoms with Gasteiger partial charge in [0.25, 0.3) is 0 Å². The van der Waals surface area contributed by atoms with Gasteiger partial charge in [0.15, 0.2) is 0 Å². The molecule has 0 aliphatic carbocycles. The molecular weight excluding hydrogens is 269 g/mol. The van der Waals surface area contributed by atoms with Crippen LogP contribution in [0.4, 0.5) is 15.9 Å². The van der Waals surface area contributed by atoms with E-state index in [1.165, 1.54) is 19.1 Å². The highest BCUT2D eigenvalue weighted by molar-refractivity contribution is 5.88. The molecule has 1 aromatic heterocycles. The lowest BCUT2D eigenvalue weighted by atomic mass is 10.1. The molecule has 1 atom stereocenters. The normalized spacial score (nSPS) is 11.8. The topological polar surface area (TPSA) is 54.0 Å². The maximum Gasteiger partial charge on any atom is 0.221 e. The minimum absolute atomic E-state index is 0.0708. The Bertz CT molecular complexity index is 620. The number of halogens is 1.